The molecule has 0 spiro atoms. The van der Waals surface area contributed by atoms with E-state index in [0.717, 1.165) is 29.5 Å². The summed E-state index contributed by atoms with van der Waals surface area (Å²) in [5.74, 6) is 0.963. The van der Waals surface area contributed by atoms with E-state index in [-0.39, 0.29) is 17.6 Å². The van der Waals surface area contributed by atoms with Crippen LogP contribution in [-0.4, -0.2) is 28.2 Å². The number of hydrogen-bond acceptors (Lipinski definition) is 5. The van der Waals surface area contributed by atoms with Crippen molar-refractivity contribution in [2.75, 3.05) is 19.2 Å². The van der Waals surface area contributed by atoms with Crippen molar-refractivity contribution in [1.82, 2.24) is 4.72 Å². The Kier molecular flexibility index (Phi) is 5.31. The standard InChI is InChI=1S/C24H21ClN2O5S/c1-26-33(29,30)19-7-5-15(6-8-19)16-3-2-4-18(11-16)27-23(28)24(9-10-24)17-12-20(25)22-21(13-17)31-14-32-22/h2-8,11-13,26H,9-10,14H2,1H3,(H,27,28). The van der Waals surface area contributed by atoms with E-state index in [1.165, 1.54) is 7.05 Å². The molecule has 1 amide bonds. The predicted molar refractivity (Wildman–Crippen MR) is 125 cm³/mol. The molecule has 1 fully saturated rings. The van der Waals surface area contributed by atoms with Gasteiger partial charge in [-0.25, -0.2) is 13.1 Å². The molecule has 33 heavy (non-hydrogen) atoms. The highest BCUT2D eigenvalue weighted by Gasteiger charge is 2.52. The van der Waals surface area contributed by atoms with Gasteiger partial charge in [-0.15, -0.1) is 0 Å². The van der Waals surface area contributed by atoms with Crippen molar-refractivity contribution in [2.45, 2.75) is 23.2 Å². The molecule has 9 heteroatoms. The number of fused-ring (bicyclic) bond motifs is 1. The molecule has 170 valence electrons. The molecule has 5 rings (SSSR count). The Hall–Kier alpha value is -3.07. The quantitative estimate of drug-likeness (QED) is 0.543. The summed E-state index contributed by atoms with van der Waals surface area (Å²) in [6.45, 7) is 0.117. The Morgan fingerprint density at radius 2 is 1.76 bits per heavy atom. The number of halogens is 1. The van der Waals surface area contributed by atoms with Crippen LogP contribution < -0.4 is 19.5 Å². The number of sulfonamides is 1. The van der Waals surface area contributed by atoms with E-state index in [9.17, 15) is 13.2 Å². The number of nitrogens with one attached hydrogen (secondary N) is 2. The summed E-state index contributed by atoms with van der Waals surface area (Å²) in [5, 5.41) is 3.46. The van der Waals surface area contributed by atoms with E-state index in [2.05, 4.69) is 10.0 Å². The summed E-state index contributed by atoms with van der Waals surface area (Å²) < 4.78 is 37.0. The second kappa shape index (κ2) is 8.06. The van der Waals surface area contributed by atoms with Crippen LogP contribution in [-0.2, 0) is 20.2 Å². The lowest BCUT2D eigenvalue weighted by atomic mass is 9.94. The lowest BCUT2D eigenvalue weighted by molar-refractivity contribution is -0.118. The third-order valence-corrected chi connectivity index (χ3v) is 7.76. The second-order valence-corrected chi connectivity index (χ2v) is 10.3. The van der Waals surface area contributed by atoms with Gasteiger partial charge in [0.25, 0.3) is 0 Å². The summed E-state index contributed by atoms with van der Waals surface area (Å²) in [7, 11) is -2.12. The first-order chi connectivity index (χ1) is 15.8. The minimum atomic E-state index is -3.50. The molecule has 1 saturated carbocycles. The second-order valence-electron chi connectivity index (χ2n) is 8.04. The zero-order chi connectivity index (χ0) is 23.2. The van der Waals surface area contributed by atoms with E-state index >= 15 is 0 Å². The number of hydrogen-bond donors (Lipinski definition) is 2. The van der Waals surface area contributed by atoms with Gasteiger partial charge in [-0.05, 0) is 73.0 Å². The Morgan fingerprint density at radius 1 is 1.00 bits per heavy atom. The van der Waals surface area contributed by atoms with Gasteiger partial charge in [0.1, 0.15) is 0 Å². The highest BCUT2D eigenvalue weighted by Crippen LogP contribution is 2.52. The predicted octanol–water partition coefficient (Wildman–Crippen LogP) is 4.31. The van der Waals surface area contributed by atoms with Crippen molar-refractivity contribution >= 4 is 33.2 Å². The fourth-order valence-electron chi connectivity index (χ4n) is 3.99. The fourth-order valence-corrected chi connectivity index (χ4v) is 4.98. The number of ether oxygens (including phenoxy) is 2. The molecule has 1 heterocycles. The van der Waals surface area contributed by atoms with Gasteiger partial charge >= 0.3 is 0 Å². The van der Waals surface area contributed by atoms with Crippen molar-refractivity contribution in [3.8, 4) is 22.6 Å². The maximum atomic E-state index is 13.2. The van der Waals surface area contributed by atoms with E-state index < -0.39 is 15.4 Å². The van der Waals surface area contributed by atoms with Crippen LogP contribution in [0.15, 0.2) is 65.6 Å². The maximum absolute atomic E-state index is 13.2. The zero-order valence-corrected chi connectivity index (χ0v) is 19.3. The molecule has 2 N–H and O–H groups in total. The molecule has 3 aromatic carbocycles. The van der Waals surface area contributed by atoms with Crippen molar-refractivity contribution in [3.63, 3.8) is 0 Å². The van der Waals surface area contributed by atoms with Crippen molar-refractivity contribution < 1.29 is 22.7 Å². The minimum Gasteiger partial charge on any atom is -0.454 e. The average molecular weight is 485 g/mol. The molecule has 0 unspecified atom stereocenters. The molecule has 1 aliphatic heterocycles. The van der Waals surface area contributed by atoms with Crippen LogP contribution in [0.5, 0.6) is 11.5 Å². The van der Waals surface area contributed by atoms with Crippen molar-refractivity contribution in [3.05, 3.63) is 71.2 Å². The highest BCUT2D eigenvalue weighted by molar-refractivity contribution is 7.89. The first-order valence-electron chi connectivity index (χ1n) is 10.4. The van der Waals surface area contributed by atoms with Gasteiger partial charge in [0.15, 0.2) is 11.5 Å². The molecular formula is C24H21ClN2O5S. The van der Waals surface area contributed by atoms with Crippen LogP contribution in [0.3, 0.4) is 0 Å². The Bertz CT molecular complexity index is 1350. The van der Waals surface area contributed by atoms with Crippen LogP contribution >= 0.6 is 11.6 Å². The van der Waals surface area contributed by atoms with E-state index in [0.29, 0.717) is 22.2 Å². The largest absolute Gasteiger partial charge is 0.454 e. The number of rotatable bonds is 6. The van der Waals surface area contributed by atoms with Gasteiger partial charge in [0.05, 0.1) is 15.3 Å². The molecule has 1 aliphatic carbocycles. The lowest BCUT2D eigenvalue weighted by Gasteiger charge is -2.17. The summed E-state index contributed by atoms with van der Waals surface area (Å²) in [6.07, 6.45) is 1.44. The topological polar surface area (TPSA) is 93.7 Å². The van der Waals surface area contributed by atoms with Crippen molar-refractivity contribution in [2.24, 2.45) is 0 Å². The van der Waals surface area contributed by atoms with Crippen LogP contribution in [0.1, 0.15) is 18.4 Å². The summed E-state index contributed by atoms with van der Waals surface area (Å²) in [5.41, 5.74) is 2.51. The van der Waals surface area contributed by atoms with Gasteiger partial charge in [0.2, 0.25) is 22.7 Å². The zero-order valence-electron chi connectivity index (χ0n) is 17.7. The molecule has 0 saturated heterocycles. The Morgan fingerprint density at radius 3 is 2.45 bits per heavy atom. The molecule has 3 aromatic rings. The van der Waals surface area contributed by atoms with E-state index in [1.807, 2.05) is 30.3 Å². The molecule has 0 radical (unpaired) electrons. The number of carbonyl (C=O) groups excluding carboxylic acids is 1. The number of anilines is 1. The third kappa shape index (κ3) is 3.94. The van der Waals surface area contributed by atoms with E-state index in [4.69, 9.17) is 21.1 Å². The Balaban J connectivity index is 1.37. The molecule has 0 aromatic heterocycles. The average Bonchev–Trinajstić information content (AvgIpc) is 3.50. The fraction of sp³-hybridized carbons (Fsp3) is 0.208. The first-order valence-corrected chi connectivity index (χ1v) is 12.2. The van der Waals surface area contributed by atoms with Crippen LogP contribution in [0, 0.1) is 0 Å². The van der Waals surface area contributed by atoms with Gasteiger partial charge < -0.3 is 14.8 Å². The number of amides is 1. The van der Waals surface area contributed by atoms with Gasteiger partial charge in [0, 0.05) is 5.69 Å². The third-order valence-electron chi connectivity index (χ3n) is 6.05. The van der Waals surface area contributed by atoms with Crippen molar-refractivity contribution in [1.29, 1.82) is 0 Å². The summed E-state index contributed by atoms with van der Waals surface area (Å²) in [6, 6.07) is 17.6. The normalized spacial score (nSPS) is 15.8. The van der Waals surface area contributed by atoms with Crippen LogP contribution in [0.4, 0.5) is 5.69 Å². The number of benzene rings is 3. The smallest absolute Gasteiger partial charge is 0.240 e. The SMILES string of the molecule is CNS(=O)(=O)c1ccc(-c2cccc(NC(=O)C3(c4cc(Cl)c5c(c4)OCO5)CC3)c2)cc1. The monoisotopic (exact) mass is 484 g/mol. The highest BCUT2D eigenvalue weighted by atomic mass is 35.5. The van der Waals surface area contributed by atoms with Crippen LogP contribution in [0.2, 0.25) is 5.02 Å². The maximum Gasteiger partial charge on any atom is 0.240 e. The Labute approximate surface area is 196 Å². The lowest BCUT2D eigenvalue weighted by Crippen LogP contribution is -2.27. The minimum absolute atomic E-state index is 0.106. The number of carbonyl (C=O) groups is 1. The molecule has 0 bridgehead atoms. The summed E-state index contributed by atoms with van der Waals surface area (Å²) >= 11 is 6.33. The first kappa shape index (κ1) is 21.8. The molecular weight excluding hydrogens is 464 g/mol. The van der Waals surface area contributed by atoms with Crippen LogP contribution in [0.25, 0.3) is 11.1 Å². The summed E-state index contributed by atoms with van der Waals surface area (Å²) in [4.78, 5) is 13.4. The van der Waals surface area contributed by atoms with Gasteiger partial charge in [-0.2, -0.15) is 0 Å². The van der Waals surface area contributed by atoms with E-state index in [1.54, 1.807) is 30.3 Å². The molecule has 7 nitrogen and oxygen atoms in total. The molecule has 2 aliphatic rings. The van der Waals surface area contributed by atoms with Gasteiger partial charge in [-0.1, -0.05) is 35.9 Å². The van der Waals surface area contributed by atoms with Gasteiger partial charge in [-0.3, -0.25) is 4.79 Å². The molecule has 0 atom stereocenters.